The quantitative estimate of drug-likeness (QED) is 0.622. The lowest BCUT2D eigenvalue weighted by molar-refractivity contribution is -0.137. The van der Waals surface area contributed by atoms with Gasteiger partial charge in [0.1, 0.15) is 7.80 Å². The molecule has 5 heteroatoms. The summed E-state index contributed by atoms with van der Waals surface area (Å²) in [6.07, 6.45) is 1.36. The second-order valence-electron chi connectivity index (χ2n) is 2.42. The lowest BCUT2D eigenvalue weighted by atomic mass is 10.3. The Kier molecular flexibility index (Phi) is 7.11. The molecule has 0 aliphatic rings. The third kappa shape index (κ3) is 7.76. The van der Waals surface area contributed by atoms with Gasteiger partial charge in [-0.3, -0.25) is 4.79 Å². The molecule has 0 radical (unpaired) electrons. The summed E-state index contributed by atoms with van der Waals surface area (Å²) in [5.74, 6) is -0.832. The van der Waals surface area contributed by atoms with Gasteiger partial charge in [-0.25, -0.2) is 0 Å². The van der Waals surface area contributed by atoms with Crippen LogP contribution >= 0.6 is 7.80 Å². The Morgan fingerprint density at radius 3 is 2.75 bits per heavy atom. The molecule has 0 aromatic rings. The molecule has 12 heavy (non-hydrogen) atoms. The maximum absolute atomic E-state index is 11.1. The molecule has 1 unspecified atom stereocenters. The van der Waals surface area contributed by atoms with Crippen molar-refractivity contribution in [2.75, 3.05) is 19.1 Å². The molecule has 0 rings (SSSR count). The highest BCUT2D eigenvalue weighted by Crippen LogP contribution is 2.21. The summed E-state index contributed by atoms with van der Waals surface area (Å²) >= 11 is 0. The molecule has 72 valence electrons. The summed E-state index contributed by atoms with van der Waals surface area (Å²) in [7, 11) is -1.68. The monoisotopic (exact) mass is 194 g/mol. The van der Waals surface area contributed by atoms with Crippen LogP contribution in [-0.2, 0) is 14.1 Å². The number of carboxylic acids is 1. The number of aliphatic carboxylic acids is 1. The standard InChI is InChI=1S/C7H15O4P/c1-2-11-6-12(10)5-3-4-7(8)9/h12H,2-6H2,1H3,(H,8,9). The maximum atomic E-state index is 11.1. The third-order valence-electron chi connectivity index (χ3n) is 1.31. The first-order chi connectivity index (χ1) is 5.66. The van der Waals surface area contributed by atoms with Crippen molar-refractivity contribution in [2.45, 2.75) is 19.8 Å². The van der Waals surface area contributed by atoms with Crippen LogP contribution in [-0.4, -0.2) is 30.2 Å². The molecule has 0 saturated heterocycles. The van der Waals surface area contributed by atoms with E-state index in [1.165, 1.54) is 0 Å². The zero-order valence-electron chi connectivity index (χ0n) is 7.21. The van der Waals surface area contributed by atoms with Crippen LogP contribution in [0.3, 0.4) is 0 Å². The molecule has 0 aliphatic carbocycles. The summed E-state index contributed by atoms with van der Waals surface area (Å²) in [5, 5.41) is 8.28. The minimum absolute atomic E-state index is 0.0997. The van der Waals surface area contributed by atoms with E-state index < -0.39 is 13.8 Å². The zero-order chi connectivity index (χ0) is 9.40. The largest absolute Gasteiger partial charge is 0.481 e. The highest BCUT2D eigenvalue weighted by Gasteiger charge is 2.01. The molecule has 0 amide bonds. The number of ether oxygens (including phenoxy) is 1. The van der Waals surface area contributed by atoms with Crippen LogP contribution in [0.2, 0.25) is 0 Å². The minimum Gasteiger partial charge on any atom is -0.481 e. The molecule has 0 saturated carbocycles. The van der Waals surface area contributed by atoms with Crippen molar-refractivity contribution in [3.8, 4) is 0 Å². The summed E-state index contributed by atoms with van der Waals surface area (Å²) in [4.78, 5) is 10.1. The molecule has 0 aliphatic heterocycles. The van der Waals surface area contributed by atoms with Gasteiger partial charge in [-0.15, -0.1) is 0 Å². The highest BCUT2D eigenvalue weighted by molar-refractivity contribution is 7.44. The van der Waals surface area contributed by atoms with E-state index in [0.717, 1.165) is 0 Å². The minimum atomic E-state index is -1.68. The SMILES string of the molecule is CCOC[PH](=O)CCCC(=O)O. The van der Waals surface area contributed by atoms with Crippen molar-refractivity contribution in [3.63, 3.8) is 0 Å². The van der Waals surface area contributed by atoms with E-state index in [2.05, 4.69) is 0 Å². The van der Waals surface area contributed by atoms with Crippen LogP contribution in [0.1, 0.15) is 19.8 Å². The number of carbonyl (C=O) groups is 1. The molecule has 0 heterocycles. The average Bonchev–Trinajstić information content (AvgIpc) is 2.00. The number of carboxylic acid groups (broad SMARTS) is 1. The molecule has 0 bridgehead atoms. The molecule has 0 aromatic carbocycles. The van der Waals surface area contributed by atoms with E-state index in [1.807, 2.05) is 6.92 Å². The van der Waals surface area contributed by atoms with Gasteiger partial charge in [0, 0.05) is 19.2 Å². The van der Waals surface area contributed by atoms with Crippen molar-refractivity contribution in [1.82, 2.24) is 0 Å². The van der Waals surface area contributed by atoms with Crippen molar-refractivity contribution in [1.29, 1.82) is 0 Å². The fourth-order valence-electron chi connectivity index (χ4n) is 0.725. The van der Waals surface area contributed by atoms with Crippen LogP contribution in [0.5, 0.6) is 0 Å². The second kappa shape index (κ2) is 7.32. The normalized spacial score (nSPS) is 12.8. The fourth-order valence-corrected chi connectivity index (χ4v) is 1.87. The highest BCUT2D eigenvalue weighted by atomic mass is 31.1. The van der Waals surface area contributed by atoms with E-state index in [4.69, 9.17) is 9.84 Å². The lowest BCUT2D eigenvalue weighted by Crippen LogP contribution is -1.96. The van der Waals surface area contributed by atoms with E-state index in [0.29, 0.717) is 25.5 Å². The molecule has 1 N–H and O–H groups in total. The van der Waals surface area contributed by atoms with Gasteiger partial charge in [0.25, 0.3) is 0 Å². The van der Waals surface area contributed by atoms with Crippen molar-refractivity contribution in [2.24, 2.45) is 0 Å². The average molecular weight is 194 g/mol. The first-order valence-corrected chi connectivity index (χ1v) is 5.80. The van der Waals surface area contributed by atoms with Gasteiger partial charge in [-0.05, 0) is 13.3 Å². The molecular weight excluding hydrogens is 179 g/mol. The Morgan fingerprint density at radius 1 is 1.58 bits per heavy atom. The van der Waals surface area contributed by atoms with Crippen molar-refractivity contribution < 1.29 is 19.2 Å². The summed E-state index contributed by atoms with van der Waals surface area (Å²) in [6, 6.07) is 0. The molecule has 0 spiro atoms. The third-order valence-corrected chi connectivity index (χ3v) is 2.75. The number of hydrogen-bond donors (Lipinski definition) is 1. The molecular formula is C7H15O4P. The van der Waals surface area contributed by atoms with Crippen LogP contribution in [0, 0.1) is 0 Å². The predicted octanol–water partition coefficient (Wildman–Crippen LogP) is 1.40. The summed E-state index contributed by atoms with van der Waals surface area (Å²) in [6.45, 7) is 2.40. The van der Waals surface area contributed by atoms with Gasteiger partial charge < -0.3 is 14.4 Å². The van der Waals surface area contributed by atoms with Gasteiger partial charge in [0.15, 0.2) is 0 Å². The Bertz CT molecular complexity index is 157. The van der Waals surface area contributed by atoms with Gasteiger partial charge in [0.05, 0.1) is 6.35 Å². The molecule has 0 aromatic heterocycles. The maximum Gasteiger partial charge on any atom is 0.303 e. The summed E-state index contributed by atoms with van der Waals surface area (Å²) < 4.78 is 16.0. The predicted molar refractivity (Wildman–Crippen MR) is 47.2 cm³/mol. The number of rotatable bonds is 7. The van der Waals surface area contributed by atoms with Gasteiger partial charge in [-0.1, -0.05) is 0 Å². The molecule has 4 nitrogen and oxygen atoms in total. The van der Waals surface area contributed by atoms with Gasteiger partial charge >= 0.3 is 5.97 Å². The van der Waals surface area contributed by atoms with Crippen LogP contribution in [0.4, 0.5) is 0 Å². The first-order valence-electron chi connectivity index (χ1n) is 3.98. The zero-order valence-corrected chi connectivity index (χ0v) is 8.21. The van der Waals surface area contributed by atoms with E-state index in [9.17, 15) is 9.36 Å². The van der Waals surface area contributed by atoms with Gasteiger partial charge in [-0.2, -0.15) is 0 Å². The molecule has 1 atom stereocenters. The van der Waals surface area contributed by atoms with Crippen LogP contribution in [0.25, 0.3) is 0 Å². The second-order valence-corrected chi connectivity index (χ2v) is 4.29. The van der Waals surface area contributed by atoms with E-state index in [-0.39, 0.29) is 6.42 Å². The van der Waals surface area contributed by atoms with E-state index >= 15 is 0 Å². The Hall–Kier alpha value is -0.340. The Balaban J connectivity index is 3.25. The smallest absolute Gasteiger partial charge is 0.303 e. The summed E-state index contributed by atoms with van der Waals surface area (Å²) in [5.41, 5.74) is 0. The Labute approximate surface area is 72.7 Å². The van der Waals surface area contributed by atoms with Crippen LogP contribution < -0.4 is 0 Å². The molecule has 0 fully saturated rings. The van der Waals surface area contributed by atoms with E-state index in [1.54, 1.807) is 0 Å². The van der Waals surface area contributed by atoms with Crippen molar-refractivity contribution in [3.05, 3.63) is 0 Å². The lowest BCUT2D eigenvalue weighted by Gasteiger charge is -2.00. The first kappa shape index (κ1) is 11.7. The number of hydrogen-bond acceptors (Lipinski definition) is 3. The van der Waals surface area contributed by atoms with Gasteiger partial charge in [0.2, 0.25) is 0 Å². The topological polar surface area (TPSA) is 63.6 Å². The fraction of sp³-hybridized carbons (Fsp3) is 0.857. The van der Waals surface area contributed by atoms with Crippen LogP contribution in [0.15, 0.2) is 0 Å². The van der Waals surface area contributed by atoms with Crippen molar-refractivity contribution >= 4 is 13.8 Å². The Morgan fingerprint density at radius 2 is 2.25 bits per heavy atom.